The van der Waals surface area contributed by atoms with E-state index in [0.717, 1.165) is 51.4 Å². The average Bonchev–Trinajstić information content (AvgIpc) is 3.30. The summed E-state index contributed by atoms with van der Waals surface area (Å²) in [6.45, 7) is 19.4. The monoisotopic (exact) mass is 689 g/mol. The molecule has 0 spiro atoms. The van der Waals surface area contributed by atoms with Crippen LogP contribution in [0, 0.1) is 50.7 Å². The van der Waals surface area contributed by atoms with E-state index in [9.17, 15) is 24.3 Å². The topological polar surface area (TPSA) is 135 Å². The summed E-state index contributed by atoms with van der Waals surface area (Å²) in [7, 11) is 0. The molecule has 4 fully saturated rings. The molecule has 3 N–H and O–H groups in total. The molecule has 0 aromatic carbocycles. The maximum Gasteiger partial charge on any atom is 0.319 e. The molecule has 9 heteroatoms. The van der Waals surface area contributed by atoms with Crippen LogP contribution in [0.3, 0.4) is 0 Å². The van der Waals surface area contributed by atoms with Gasteiger partial charge in [0.25, 0.3) is 0 Å². The summed E-state index contributed by atoms with van der Waals surface area (Å²) in [5.74, 6) is -0.461. The molecular weight excluding hydrogens is 630 g/mol. The molecule has 0 saturated heterocycles. The summed E-state index contributed by atoms with van der Waals surface area (Å²) in [5, 5.41) is 15.9. The van der Waals surface area contributed by atoms with Crippen LogP contribution in [0.4, 0.5) is 10.5 Å². The molecule has 8 atom stereocenters. The molecule has 1 aromatic heterocycles. The standard InChI is InChI=1S/C41H59N3O6/c1-24(2)32-27(45)21-41(44-35(49)43-25-11-10-20-42-23-25)19-18-39(8)26(33(32)41)12-13-29-38(7)16-15-30(50-31(46)22-36(3,4)34(47)48)37(5,6)28(38)14-17-40(29,39)9/h10-11,20,23-24,28-30,32H,12-19,21-22H2,1-9H3,(H,47,48)(H2,43,44,49)/t28?,29?,30-,32?,38-,39+,40+,41+/m0/s1. The van der Waals surface area contributed by atoms with E-state index in [0.29, 0.717) is 23.9 Å². The Bertz CT molecular complexity index is 1600. The van der Waals surface area contributed by atoms with E-state index in [-0.39, 0.29) is 57.8 Å². The number of carboxylic acid groups (broad SMARTS) is 1. The number of fused-ring (bicyclic) bond motifs is 6. The van der Waals surface area contributed by atoms with Gasteiger partial charge in [-0.05, 0) is 117 Å². The van der Waals surface area contributed by atoms with Crippen LogP contribution in [0.5, 0.6) is 0 Å². The Morgan fingerprint density at radius 3 is 2.38 bits per heavy atom. The molecule has 50 heavy (non-hydrogen) atoms. The van der Waals surface area contributed by atoms with Crippen molar-refractivity contribution in [2.45, 2.75) is 138 Å². The van der Waals surface area contributed by atoms with Gasteiger partial charge in [-0.3, -0.25) is 19.4 Å². The fraction of sp³-hybridized carbons (Fsp3) is 0.732. The second-order valence-corrected chi connectivity index (χ2v) is 18.8. The van der Waals surface area contributed by atoms with Crippen molar-refractivity contribution >= 4 is 29.4 Å². The van der Waals surface area contributed by atoms with Crippen molar-refractivity contribution in [3.63, 3.8) is 0 Å². The molecule has 0 bridgehead atoms. The van der Waals surface area contributed by atoms with E-state index in [1.165, 1.54) is 11.1 Å². The number of nitrogens with zero attached hydrogens (tertiary/aromatic N) is 1. The first kappa shape index (κ1) is 36.6. The Morgan fingerprint density at radius 2 is 1.74 bits per heavy atom. The number of allylic oxidation sites excluding steroid dienone is 1. The van der Waals surface area contributed by atoms with Crippen molar-refractivity contribution in [1.82, 2.24) is 10.3 Å². The quantitative estimate of drug-likeness (QED) is 0.193. The van der Waals surface area contributed by atoms with Gasteiger partial charge in [-0.25, -0.2) is 4.79 Å². The molecule has 3 unspecified atom stereocenters. The number of ether oxygens (including phenoxy) is 1. The maximum absolute atomic E-state index is 13.9. The number of esters is 1. The summed E-state index contributed by atoms with van der Waals surface area (Å²) in [6, 6.07) is 3.31. The largest absolute Gasteiger partial charge is 0.481 e. The van der Waals surface area contributed by atoms with E-state index < -0.39 is 22.9 Å². The number of carboxylic acids is 1. The van der Waals surface area contributed by atoms with Gasteiger partial charge in [0, 0.05) is 24.0 Å². The van der Waals surface area contributed by atoms with Crippen molar-refractivity contribution in [2.75, 3.05) is 5.32 Å². The molecule has 5 aliphatic carbocycles. The molecule has 5 aliphatic rings. The Hall–Kier alpha value is -3.23. The average molecular weight is 690 g/mol. The van der Waals surface area contributed by atoms with Crippen LogP contribution in [0.25, 0.3) is 0 Å². The smallest absolute Gasteiger partial charge is 0.319 e. The number of carbonyl (C=O) groups is 4. The lowest BCUT2D eigenvalue weighted by Crippen LogP contribution is -2.65. The summed E-state index contributed by atoms with van der Waals surface area (Å²) in [5.41, 5.74) is 1.04. The van der Waals surface area contributed by atoms with E-state index in [1.807, 2.05) is 6.07 Å². The number of hydrogen-bond acceptors (Lipinski definition) is 6. The first-order valence-electron chi connectivity index (χ1n) is 18.9. The van der Waals surface area contributed by atoms with Gasteiger partial charge in [-0.2, -0.15) is 0 Å². The fourth-order valence-corrected chi connectivity index (χ4v) is 12.3. The zero-order chi connectivity index (χ0) is 36.7. The highest BCUT2D eigenvalue weighted by Gasteiger charge is 2.69. The van der Waals surface area contributed by atoms with Gasteiger partial charge in [0.15, 0.2) is 0 Å². The molecule has 4 saturated carbocycles. The Morgan fingerprint density at radius 1 is 1.02 bits per heavy atom. The van der Waals surface area contributed by atoms with E-state index >= 15 is 0 Å². The first-order chi connectivity index (χ1) is 23.2. The molecule has 2 amide bonds. The van der Waals surface area contributed by atoms with Crippen molar-refractivity contribution < 1.29 is 29.0 Å². The molecule has 6 rings (SSSR count). The minimum Gasteiger partial charge on any atom is -0.481 e. The lowest BCUT2D eigenvalue weighted by Gasteiger charge is -2.70. The number of aromatic nitrogens is 1. The third kappa shape index (κ3) is 5.51. The summed E-state index contributed by atoms with van der Waals surface area (Å²) in [4.78, 5) is 56.4. The zero-order valence-corrected chi connectivity index (χ0v) is 31.7. The van der Waals surface area contributed by atoms with Gasteiger partial charge in [0.1, 0.15) is 11.9 Å². The zero-order valence-electron chi connectivity index (χ0n) is 31.7. The van der Waals surface area contributed by atoms with Crippen LogP contribution < -0.4 is 10.6 Å². The third-order valence-electron chi connectivity index (χ3n) is 15.0. The van der Waals surface area contributed by atoms with Crippen molar-refractivity contribution in [3.05, 3.63) is 35.7 Å². The molecule has 9 nitrogen and oxygen atoms in total. The predicted molar refractivity (Wildman–Crippen MR) is 192 cm³/mol. The van der Waals surface area contributed by atoms with E-state index in [2.05, 4.69) is 64.1 Å². The van der Waals surface area contributed by atoms with Gasteiger partial charge in [-0.15, -0.1) is 0 Å². The fourth-order valence-electron chi connectivity index (χ4n) is 12.3. The number of aliphatic carboxylic acids is 1. The number of hydrogen-bond donors (Lipinski definition) is 3. The number of urea groups is 1. The number of anilines is 1. The summed E-state index contributed by atoms with van der Waals surface area (Å²) >= 11 is 0. The Labute approximate surface area is 298 Å². The van der Waals surface area contributed by atoms with Crippen LogP contribution in [0.15, 0.2) is 35.7 Å². The van der Waals surface area contributed by atoms with Gasteiger partial charge in [-0.1, -0.05) is 54.0 Å². The SMILES string of the molecule is CC(C)C1C(=O)C[C@]2(NC(=O)Nc3cccnc3)CC[C@]3(C)C(=C12)CCC1[C@@]2(C)CC[C@H](OC(=O)CC(C)(C)C(=O)O)C(C)(C)C2CC[C@]13C. The summed E-state index contributed by atoms with van der Waals surface area (Å²) in [6.07, 6.45) is 10.6. The molecular formula is C41H59N3O6. The van der Waals surface area contributed by atoms with Gasteiger partial charge >= 0.3 is 18.0 Å². The van der Waals surface area contributed by atoms with Gasteiger partial charge in [0.2, 0.25) is 0 Å². The number of Topliss-reactive ketones (excluding diaryl/α,β-unsaturated/α-hetero) is 1. The van der Waals surface area contributed by atoms with Crippen LogP contribution in [0.1, 0.15) is 127 Å². The van der Waals surface area contributed by atoms with Crippen LogP contribution in [-0.4, -0.2) is 45.5 Å². The highest BCUT2D eigenvalue weighted by atomic mass is 16.5. The minimum atomic E-state index is -1.17. The van der Waals surface area contributed by atoms with Crippen LogP contribution in [0.2, 0.25) is 0 Å². The lowest BCUT2D eigenvalue weighted by atomic mass is 9.34. The molecule has 0 aliphatic heterocycles. The third-order valence-corrected chi connectivity index (χ3v) is 15.0. The second kappa shape index (κ2) is 12.2. The maximum atomic E-state index is 13.9. The van der Waals surface area contributed by atoms with Gasteiger partial charge in [0.05, 0.1) is 29.3 Å². The number of ketones is 1. The molecule has 274 valence electrons. The Kier molecular flexibility index (Phi) is 8.91. The van der Waals surface area contributed by atoms with E-state index in [1.54, 1.807) is 32.3 Å². The van der Waals surface area contributed by atoms with Crippen LogP contribution in [-0.2, 0) is 19.1 Å². The number of carbonyl (C=O) groups excluding carboxylic acids is 3. The minimum absolute atomic E-state index is 0.00122. The molecule has 0 radical (unpaired) electrons. The van der Waals surface area contributed by atoms with E-state index in [4.69, 9.17) is 4.74 Å². The first-order valence-corrected chi connectivity index (χ1v) is 18.9. The van der Waals surface area contributed by atoms with Crippen molar-refractivity contribution in [2.24, 2.45) is 50.7 Å². The predicted octanol–water partition coefficient (Wildman–Crippen LogP) is 8.35. The van der Waals surface area contributed by atoms with Gasteiger partial charge < -0.3 is 20.5 Å². The molecule has 1 aromatic rings. The molecule has 1 heterocycles. The summed E-state index contributed by atoms with van der Waals surface area (Å²) < 4.78 is 6.14. The lowest BCUT2D eigenvalue weighted by molar-refractivity contribution is -0.214. The van der Waals surface area contributed by atoms with Crippen molar-refractivity contribution in [1.29, 1.82) is 0 Å². The Balaban J connectivity index is 1.31. The van der Waals surface area contributed by atoms with Crippen molar-refractivity contribution in [3.8, 4) is 0 Å². The normalized spacial score (nSPS) is 37.6. The number of nitrogens with one attached hydrogen (secondary N) is 2. The second-order valence-electron chi connectivity index (χ2n) is 18.8. The highest BCUT2D eigenvalue weighted by Crippen LogP contribution is 2.75. The van der Waals surface area contributed by atoms with Crippen LogP contribution >= 0.6 is 0 Å². The number of amides is 2. The highest BCUT2D eigenvalue weighted by molar-refractivity contribution is 5.95. The number of rotatable bonds is 7. The number of pyridine rings is 1.